The molecule has 0 bridgehead atoms. The van der Waals surface area contributed by atoms with Gasteiger partial charge in [0.25, 0.3) is 0 Å². The molecule has 5 heteroatoms. The van der Waals surface area contributed by atoms with Crippen LogP contribution in [0.15, 0.2) is 30.3 Å². The zero-order valence-electron chi connectivity index (χ0n) is 11.5. The molecule has 0 aromatic heterocycles. The molecule has 1 fully saturated rings. The fourth-order valence-electron chi connectivity index (χ4n) is 2.18. The number of hydrogen-bond donors (Lipinski definition) is 1. The van der Waals surface area contributed by atoms with Crippen molar-refractivity contribution in [2.75, 3.05) is 31.6 Å². The first-order chi connectivity index (χ1) is 9.75. The highest BCUT2D eigenvalue weighted by Crippen LogP contribution is 2.08. The van der Waals surface area contributed by atoms with Gasteiger partial charge in [-0.15, -0.1) is 0 Å². The van der Waals surface area contributed by atoms with Gasteiger partial charge < -0.3 is 15.0 Å². The molecule has 0 atom stereocenters. The molecule has 1 N–H and O–H groups in total. The topological polar surface area (TPSA) is 58.6 Å². The lowest BCUT2D eigenvalue weighted by atomic mass is 10.1. The lowest BCUT2D eigenvalue weighted by Gasteiger charge is -2.26. The summed E-state index contributed by atoms with van der Waals surface area (Å²) < 4.78 is 5.18. The number of piperidine rings is 1. The van der Waals surface area contributed by atoms with Crippen LogP contribution >= 0.6 is 0 Å². The summed E-state index contributed by atoms with van der Waals surface area (Å²) in [5, 5.41) is 2.71. The van der Waals surface area contributed by atoms with Crippen molar-refractivity contribution in [3.8, 4) is 0 Å². The Morgan fingerprint density at radius 3 is 2.45 bits per heavy atom. The van der Waals surface area contributed by atoms with Crippen molar-refractivity contribution in [2.45, 2.75) is 19.3 Å². The molecule has 5 nitrogen and oxygen atoms in total. The minimum atomic E-state index is -0.248. The highest BCUT2D eigenvalue weighted by Gasteiger charge is 2.16. The zero-order chi connectivity index (χ0) is 14.2. The van der Waals surface area contributed by atoms with Gasteiger partial charge in [0.05, 0.1) is 0 Å². The van der Waals surface area contributed by atoms with E-state index in [2.05, 4.69) is 5.32 Å². The first kappa shape index (κ1) is 14.5. The molecule has 0 unspecified atom stereocenters. The predicted molar refractivity (Wildman–Crippen MR) is 76.3 cm³/mol. The minimum absolute atomic E-state index is 0.0256. The highest BCUT2D eigenvalue weighted by molar-refractivity contribution is 5.91. The second-order valence-corrected chi connectivity index (χ2v) is 4.85. The number of nitrogens with one attached hydrogen (secondary N) is 1. The normalized spacial score (nSPS) is 14.9. The van der Waals surface area contributed by atoms with Gasteiger partial charge in [0.2, 0.25) is 11.8 Å². The van der Waals surface area contributed by atoms with Crippen molar-refractivity contribution in [3.63, 3.8) is 0 Å². The Morgan fingerprint density at radius 2 is 1.75 bits per heavy atom. The monoisotopic (exact) mass is 276 g/mol. The Labute approximate surface area is 118 Å². The van der Waals surface area contributed by atoms with Crippen LogP contribution in [0.3, 0.4) is 0 Å². The van der Waals surface area contributed by atoms with E-state index in [0.717, 1.165) is 31.6 Å². The number of ether oxygens (including phenoxy) is 1. The van der Waals surface area contributed by atoms with Gasteiger partial charge in [0, 0.05) is 18.8 Å². The van der Waals surface area contributed by atoms with E-state index in [-0.39, 0.29) is 25.0 Å². The van der Waals surface area contributed by atoms with Crippen molar-refractivity contribution in [3.05, 3.63) is 30.3 Å². The van der Waals surface area contributed by atoms with E-state index < -0.39 is 0 Å². The molecule has 1 heterocycles. The van der Waals surface area contributed by atoms with Crippen LogP contribution in [-0.4, -0.2) is 43.0 Å². The molecule has 1 aliphatic rings. The fourth-order valence-corrected chi connectivity index (χ4v) is 2.18. The van der Waals surface area contributed by atoms with Gasteiger partial charge in [-0.2, -0.15) is 0 Å². The Morgan fingerprint density at radius 1 is 1.05 bits per heavy atom. The average Bonchev–Trinajstić information content (AvgIpc) is 2.49. The smallest absolute Gasteiger partial charge is 0.250 e. The fraction of sp³-hybridized carbons (Fsp3) is 0.467. The van der Waals surface area contributed by atoms with Gasteiger partial charge in [0.15, 0.2) is 0 Å². The largest absolute Gasteiger partial charge is 0.362 e. The number of likely N-dealkylation sites (tertiary alicyclic amines) is 1. The van der Waals surface area contributed by atoms with E-state index in [9.17, 15) is 9.59 Å². The van der Waals surface area contributed by atoms with Crippen LogP contribution in [0.5, 0.6) is 0 Å². The molecule has 1 saturated heterocycles. The average molecular weight is 276 g/mol. The van der Waals surface area contributed by atoms with Crippen LogP contribution in [0.2, 0.25) is 0 Å². The Bertz CT molecular complexity index is 442. The maximum atomic E-state index is 11.8. The van der Waals surface area contributed by atoms with Crippen molar-refractivity contribution >= 4 is 17.5 Å². The van der Waals surface area contributed by atoms with Gasteiger partial charge in [-0.05, 0) is 31.4 Å². The summed E-state index contributed by atoms with van der Waals surface area (Å²) in [6.07, 6.45) is 3.30. The van der Waals surface area contributed by atoms with Gasteiger partial charge in [-0.1, -0.05) is 18.2 Å². The van der Waals surface area contributed by atoms with E-state index in [0.29, 0.717) is 0 Å². The molecule has 0 aliphatic carbocycles. The molecule has 108 valence electrons. The molecule has 1 aliphatic heterocycles. The van der Waals surface area contributed by atoms with E-state index in [1.165, 1.54) is 6.42 Å². The quantitative estimate of drug-likeness (QED) is 0.889. The first-order valence-electron chi connectivity index (χ1n) is 6.96. The number of para-hydroxylation sites is 1. The van der Waals surface area contributed by atoms with Crippen LogP contribution < -0.4 is 5.32 Å². The number of benzene rings is 1. The Balaban J connectivity index is 1.65. The zero-order valence-corrected chi connectivity index (χ0v) is 11.5. The molecule has 1 aromatic carbocycles. The van der Waals surface area contributed by atoms with Crippen LogP contribution in [0.1, 0.15) is 19.3 Å². The Hall–Kier alpha value is -1.88. The number of carbonyl (C=O) groups excluding carboxylic acids is 2. The van der Waals surface area contributed by atoms with E-state index in [1.54, 1.807) is 17.0 Å². The molecule has 1 aromatic rings. The van der Waals surface area contributed by atoms with Gasteiger partial charge in [-0.25, -0.2) is 0 Å². The first-order valence-corrected chi connectivity index (χ1v) is 6.96. The number of rotatable bonds is 5. The van der Waals surface area contributed by atoms with Gasteiger partial charge >= 0.3 is 0 Å². The minimum Gasteiger partial charge on any atom is -0.362 e. The Kier molecular flexibility index (Phi) is 5.55. The van der Waals surface area contributed by atoms with Crippen LogP contribution in [0.4, 0.5) is 5.69 Å². The highest BCUT2D eigenvalue weighted by atomic mass is 16.5. The second-order valence-electron chi connectivity index (χ2n) is 4.85. The summed E-state index contributed by atoms with van der Waals surface area (Å²) in [7, 11) is 0. The second kappa shape index (κ2) is 7.65. The van der Waals surface area contributed by atoms with Gasteiger partial charge in [-0.3, -0.25) is 9.59 Å². The molecule has 2 rings (SSSR count). The molecular weight excluding hydrogens is 256 g/mol. The van der Waals surface area contributed by atoms with Crippen LogP contribution in [-0.2, 0) is 14.3 Å². The van der Waals surface area contributed by atoms with E-state index in [1.807, 2.05) is 18.2 Å². The van der Waals surface area contributed by atoms with E-state index >= 15 is 0 Å². The SMILES string of the molecule is O=C(COCC(=O)N1CCCCC1)Nc1ccccc1. The summed E-state index contributed by atoms with van der Waals surface area (Å²) in [4.78, 5) is 25.2. The van der Waals surface area contributed by atoms with Crippen molar-refractivity contribution in [1.29, 1.82) is 0 Å². The predicted octanol–water partition coefficient (Wildman–Crippen LogP) is 1.65. The number of amides is 2. The third-order valence-electron chi connectivity index (χ3n) is 3.23. The summed E-state index contributed by atoms with van der Waals surface area (Å²) in [6, 6.07) is 9.17. The maximum Gasteiger partial charge on any atom is 0.250 e. The van der Waals surface area contributed by atoms with E-state index in [4.69, 9.17) is 4.74 Å². The number of carbonyl (C=O) groups is 2. The lowest BCUT2D eigenvalue weighted by molar-refractivity contribution is -0.138. The third kappa shape index (κ3) is 4.66. The van der Waals surface area contributed by atoms with Crippen molar-refractivity contribution in [2.24, 2.45) is 0 Å². The summed E-state index contributed by atoms with van der Waals surface area (Å²) in [5.74, 6) is -0.278. The molecular formula is C15H20N2O3. The molecule has 20 heavy (non-hydrogen) atoms. The van der Waals surface area contributed by atoms with Gasteiger partial charge in [0.1, 0.15) is 13.2 Å². The number of anilines is 1. The molecule has 0 spiro atoms. The van der Waals surface area contributed by atoms with Crippen molar-refractivity contribution in [1.82, 2.24) is 4.90 Å². The maximum absolute atomic E-state index is 11.8. The summed E-state index contributed by atoms with van der Waals surface area (Å²) >= 11 is 0. The molecule has 0 radical (unpaired) electrons. The summed E-state index contributed by atoms with van der Waals surface area (Å²) in [6.45, 7) is 1.48. The molecule has 2 amide bonds. The van der Waals surface area contributed by atoms with Crippen molar-refractivity contribution < 1.29 is 14.3 Å². The third-order valence-corrected chi connectivity index (χ3v) is 3.23. The standard InChI is InChI=1S/C15H20N2O3/c18-14(16-13-7-3-1-4-8-13)11-20-12-15(19)17-9-5-2-6-10-17/h1,3-4,7-8H,2,5-6,9-12H2,(H,16,18). The lowest BCUT2D eigenvalue weighted by Crippen LogP contribution is -2.38. The summed E-state index contributed by atoms with van der Waals surface area (Å²) in [5.41, 5.74) is 0.725. The van der Waals surface area contributed by atoms with Crippen LogP contribution in [0, 0.1) is 0 Å². The van der Waals surface area contributed by atoms with Crippen LogP contribution in [0.25, 0.3) is 0 Å². The number of hydrogen-bond acceptors (Lipinski definition) is 3. The molecule has 0 saturated carbocycles. The number of nitrogens with zero attached hydrogens (tertiary/aromatic N) is 1.